The second-order valence-corrected chi connectivity index (χ2v) is 5.04. The maximum absolute atomic E-state index is 5.28. The summed E-state index contributed by atoms with van der Waals surface area (Å²) in [6, 6.07) is 9.33. The van der Waals surface area contributed by atoms with Crippen molar-refractivity contribution < 1.29 is 4.74 Å². The molecule has 2 atom stereocenters. The normalized spacial score (nSPS) is 22.2. The first-order chi connectivity index (χ1) is 8.79. The quantitative estimate of drug-likeness (QED) is 0.859. The molecule has 0 spiro atoms. The molecular formula is C15H24N2O. The van der Waals surface area contributed by atoms with Gasteiger partial charge in [0, 0.05) is 12.1 Å². The fraction of sp³-hybridized carbons (Fsp3) is 0.600. The van der Waals surface area contributed by atoms with Gasteiger partial charge in [0.1, 0.15) is 5.75 Å². The monoisotopic (exact) mass is 248 g/mol. The molecule has 1 aliphatic heterocycles. The summed E-state index contributed by atoms with van der Waals surface area (Å²) in [6.07, 6.45) is 3.75. The summed E-state index contributed by atoms with van der Waals surface area (Å²) in [4.78, 5) is 0. The molecule has 1 aromatic rings. The second kappa shape index (κ2) is 6.76. The predicted octanol–water partition coefficient (Wildman–Crippen LogP) is 2.49. The largest absolute Gasteiger partial charge is 0.497 e. The summed E-state index contributed by atoms with van der Waals surface area (Å²) in [6.45, 7) is 4.52. The molecule has 2 rings (SSSR count). The van der Waals surface area contributed by atoms with Crippen LogP contribution in [0, 0.1) is 0 Å². The molecule has 2 N–H and O–H groups in total. The first kappa shape index (κ1) is 13.4. The van der Waals surface area contributed by atoms with E-state index in [9.17, 15) is 0 Å². The standard InChI is InChI=1S/C15H24N2O/c1-12(13-5-3-7-15(11-13)18-2)17-14-6-4-9-16-10-8-14/h3,5,7,11-12,14,16-17H,4,6,8-10H2,1-2H3. The van der Waals surface area contributed by atoms with Crippen molar-refractivity contribution >= 4 is 0 Å². The molecule has 1 aliphatic rings. The highest BCUT2D eigenvalue weighted by Gasteiger charge is 2.15. The zero-order valence-electron chi connectivity index (χ0n) is 11.4. The van der Waals surface area contributed by atoms with Crippen LogP contribution >= 0.6 is 0 Å². The molecule has 1 aromatic carbocycles. The third-order valence-corrected chi connectivity index (χ3v) is 3.66. The molecule has 1 heterocycles. The summed E-state index contributed by atoms with van der Waals surface area (Å²) in [5, 5.41) is 7.18. The summed E-state index contributed by atoms with van der Waals surface area (Å²) >= 11 is 0. The van der Waals surface area contributed by atoms with E-state index in [0.29, 0.717) is 12.1 Å². The van der Waals surface area contributed by atoms with E-state index in [4.69, 9.17) is 4.74 Å². The fourth-order valence-corrected chi connectivity index (χ4v) is 2.55. The van der Waals surface area contributed by atoms with Crippen molar-refractivity contribution in [2.75, 3.05) is 20.2 Å². The maximum Gasteiger partial charge on any atom is 0.119 e. The summed E-state index contributed by atoms with van der Waals surface area (Å²) in [5.74, 6) is 0.934. The Bertz CT molecular complexity index is 359. The van der Waals surface area contributed by atoms with Crippen LogP contribution in [0.5, 0.6) is 5.75 Å². The Hall–Kier alpha value is -1.06. The second-order valence-electron chi connectivity index (χ2n) is 5.04. The zero-order chi connectivity index (χ0) is 12.8. The molecule has 0 aliphatic carbocycles. The van der Waals surface area contributed by atoms with Crippen molar-refractivity contribution in [3.8, 4) is 5.75 Å². The van der Waals surface area contributed by atoms with E-state index in [-0.39, 0.29) is 0 Å². The van der Waals surface area contributed by atoms with Crippen LogP contribution in [-0.2, 0) is 0 Å². The highest BCUT2D eigenvalue weighted by atomic mass is 16.5. The van der Waals surface area contributed by atoms with Gasteiger partial charge in [0.2, 0.25) is 0 Å². The van der Waals surface area contributed by atoms with Crippen LogP contribution < -0.4 is 15.4 Å². The Morgan fingerprint density at radius 2 is 2.22 bits per heavy atom. The SMILES string of the molecule is COc1cccc(C(C)NC2CCCNCC2)c1. The summed E-state index contributed by atoms with van der Waals surface area (Å²) in [5.41, 5.74) is 1.30. The van der Waals surface area contributed by atoms with Crippen LogP contribution in [0.2, 0.25) is 0 Å². The van der Waals surface area contributed by atoms with E-state index in [1.807, 2.05) is 6.07 Å². The highest BCUT2D eigenvalue weighted by molar-refractivity contribution is 5.30. The molecule has 1 saturated heterocycles. The van der Waals surface area contributed by atoms with Gasteiger partial charge in [0.15, 0.2) is 0 Å². The molecule has 0 saturated carbocycles. The van der Waals surface area contributed by atoms with Gasteiger partial charge in [-0.2, -0.15) is 0 Å². The topological polar surface area (TPSA) is 33.3 Å². The minimum Gasteiger partial charge on any atom is -0.497 e. The van der Waals surface area contributed by atoms with Crippen LogP contribution in [-0.4, -0.2) is 26.2 Å². The van der Waals surface area contributed by atoms with Crippen molar-refractivity contribution in [2.45, 2.75) is 38.3 Å². The average molecular weight is 248 g/mol. The Morgan fingerprint density at radius 3 is 3.06 bits per heavy atom. The molecule has 100 valence electrons. The molecule has 0 bridgehead atoms. The predicted molar refractivity (Wildman–Crippen MR) is 75.1 cm³/mol. The Morgan fingerprint density at radius 1 is 1.33 bits per heavy atom. The number of hydrogen-bond acceptors (Lipinski definition) is 3. The molecule has 2 unspecified atom stereocenters. The smallest absolute Gasteiger partial charge is 0.119 e. The number of benzene rings is 1. The Kier molecular flexibility index (Phi) is 5.02. The number of nitrogens with one attached hydrogen (secondary N) is 2. The number of rotatable bonds is 4. The van der Waals surface area contributed by atoms with E-state index < -0.39 is 0 Å². The number of methoxy groups -OCH3 is 1. The highest BCUT2D eigenvalue weighted by Crippen LogP contribution is 2.20. The van der Waals surface area contributed by atoms with Gasteiger partial charge in [0.05, 0.1) is 7.11 Å². The number of ether oxygens (including phenoxy) is 1. The number of hydrogen-bond donors (Lipinski definition) is 2. The summed E-state index contributed by atoms with van der Waals surface area (Å²) < 4.78 is 5.28. The zero-order valence-corrected chi connectivity index (χ0v) is 11.4. The Balaban J connectivity index is 1.95. The van der Waals surface area contributed by atoms with Gasteiger partial charge in [-0.25, -0.2) is 0 Å². The van der Waals surface area contributed by atoms with Crippen LogP contribution in [0.25, 0.3) is 0 Å². The molecule has 0 radical (unpaired) electrons. The van der Waals surface area contributed by atoms with Crippen molar-refractivity contribution in [1.82, 2.24) is 10.6 Å². The lowest BCUT2D eigenvalue weighted by Crippen LogP contribution is -2.32. The van der Waals surface area contributed by atoms with E-state index >= 15 is 0 Å². The van der Waals surface area contributed by atoms with Crippen LogP contribution in [0.15, 0.2) is 24.3 Å². The van der Waals surface area contributed by atoms with Crippen LogP contribution in [0.4, 0.5) is 0 Å². The lowest BCUT2D eigenvalue weighted by molar-refractivity contribution is 0.406. The lowest BCUT2D eigenvalue weighted by atomic mass is 10.0. The minimum absolute atomic E-state index is 0.378. The van der Waals surface area contributed by atoms with Crippen LogP contribution in [0.3, 0.4) is 0 Å². The third kappa shape index (κ3) is 3.72. The molecule has 3 heteroatoms. The van der Waals surface area contributed by atoms with Gasteiger partial charge in [0.25, 0.3) is 0 Å². The maximum atomic E-state index is 5.28. The van der Waals surface area contributed by atoms with Crippen molar-refractivity contribution in [1.29, 1.82) is 0 Å². The first-order valence-electron chi connectivity index (χ1n) is 6.90. The minimum atomic E-state index is 0.378. The van der Waals surface area contributed by atoms with E-state index in [1.54, 1.807) is 7.11 Å². The van der Waals surface area contributed by atoms with Gasteiger partial charge >= 0.3 is 0 Å². The van der Waals surface area contributed by atoms with Gasteiger partial charge in [-0.1, -0.05) is 12.1 Å². The van der Waals surface area contributed by atoms with Crippen molar-refractivity contribution in [3.05, 3.63) is 29.8 Å². The molecule has 0 amide bonds. The van der Waals surface area contributed by atoms with E-state index in [1.165, 1.54) is 24.8 Å². The third-order valence-electron chi connectivity index (χ3n) is 3.66. The summed E-state index contributed by atoms with van der Waals surface area (Å²) in [7, 11) is 1.72. The fourth-order valence-electron chi connectivity index (χ4n) is 2.55. The van der Waals surface area contributed by atoms with Crippen LogP contribution in [0.1, 0.15) is 37.8 Å². The average Bonchev–Trinajstić information content (AvgIpc) is 2.67. The van der Waals surface area contributed by atoms with Gasteiger partial charge in [-0.3, -0.25) is 0 Å². The van der Waals surface area contributed by atoms with Crippen molar-refractivity contribution in [2.24, 2.45) is 0 Å². The molecule has 18 heavy (non-hydrogen) atoms. The van der Waals surface area contributed by atoms with Crippen molar-refractivity contribution in [3.63, 3.8) is 0 Å². The Labute approximate surface area is 110 Å². The molecule has 3 nitrogen and oxygen atoms in total. The van der Waals surface area contributed by atoms with E-state index in [0.717, 1.165) is 18.8 Å². The first-order valence-corrected chi connectivity index (χ1v) is 6.90. The lowest BCUT2D eigenvalue weighted by Gasteiger charge is -2.22. The van der Waals surface area contributed by atoms with Gasteiger partial charge in [-0.05, 0) is 57.0 Å². The van der Waals surface area contributed by atoms with E-state index in [2.05, 4.69) is 35.8 Å². The molecular weight excluding hydrogens is 224 g/mol. The molecule has 0 aromatic heterocycles. The van der Waals surface area contributed by atoms with Gasteiger partial charge in [-0.15, -0.1) is 0 Å². The van der Waals surface area contributed by atoms with Gasteiger partial charge < -0.3 is 15.4 Å². The molecule has 1 fully saturated rings.